The Balaban J connectivity index is 1.65. The third kappa shape index (κ3) is 7.02. The van der Waals surface area contributed by atoms with Crippen molar-refractivity contribution in [1.82, 2.24) is 0 Å². The van der Waals surface area contributed by atoms with Gasteiger partial charge in [0.2, 0.25) is 0 Å². The second kappa shape index (κ2) is 12.7. The molecule has 0 bridgehead atoms. The summed E-state index contributed by atoms with van der Waals surface area (Å²) in [4.78, 5) is 0. The van der Waals surface area contributed by atoms with E-state index in [-0.39, 0.29) is 0 Å². The van der Waals surface area contributed by atoms with Crippen molar-refractivity contribution in [3.05, 3.63) is 152 Å². The maximum atomic E-state index is 10.8. The monoisotopic (exact) mass is 626 g/mol. The van der Waals surface area contributed by atoms with E-state index in [9.17, 15) is 5.26 Å². The summed E-state index contributed by atoms with van der Waals surface area (Å²) in [6, 6.07) is 44.9. The van der Waals surface area contributed by atoms with Crippen LogP contribution in [0, 0.1) is 11.1 Å². The molecule has 9 nitrogen and oxygen atoms in total. The van der Waals surface area contributed by atoms with Gasteiger partial charge in [-0.3, -0.25) is 0 Å². The Morgan fingerprint density at radius 2 is 0.651 bits per heavy atom. The minimum absolute atomic E-state index is 0.391. The van der Waals surface area contributed by atoms with Gasteiger partial charge in [-0.25, -0.2) is 0 Å². The molecular weight excluding hydrogens is 601 g/mol. The third-order valence-corrected chi connectivity index (χ3v) is 13.7. The molecule has 1 heterocycles. The molecule has 1 unspecified atom stereocenters. The van der Waals surface area contributed by atoms with Crippen LogP contribution in [-0.2, 0) is 0 Å². The molecule has 0 amide bonds. The van der Waals surface area contributed by atoms with Gasteiger partial charge in [0.25, 0.3) is 0 Å². The van der Waals surface area contributed by atoms with E-state index in [1.165, 1.54) is 0 Å². The van der Waals surface area contributed by atoms with Crippen LogP contribution in [0.2, 0.25) is 0 Å². The van der Waals surface area contributed by atoms with Crippen molar-refractivity contribution in [3.8, 4) is 34.6 Å². The van der Waals surface area contributed by atoms with Crippen LogP contribution in [0.25, 0.3) is 0 Å². The molecule has 0 radical (unpaired) electrons. The summed E-state index contributed by atoms with van der Waals surface area (Å²) in [5, 5.41) is 10.8. The Morgan fingerprint density at radius 1 is 0.372 bits per heavy atom. The third-order valence-electron chi connectivity index (χ3n) is 5.67. The number of benzene rings is 5. The van der Waals surface area contributed by atoms with Gasteiger partial charge in [-0.15, -0.1) is 9.03 Å². The van der Waals surface area contributed by atoms with Crippen LogP contribution in [0.15, 0.2) is 165 Å². The van der Waals surface area contributed by atoms with Crippen LogP contribution in [0.1, 0.15) is 0 Å². The zero-order valence-electron chi connectivity index (χ0n) is 22.6. The van der Waals surface area contributed by atoms with E-state index >= 15 is 0 Å². The average molecular weight is 626 g/mol. The summed E-state index contributed by atoms with van der Waals surface area (Å²) in [5.74, 6) is 4.34. The zero-order valence-corrected chi connectivity index (χ0v) is 25.3. The molecule has 6 rings (SSSR count). The van der Waals surface area contributed by atoms with Gasteiger partial charge >= 0.3 is 22.8 Å². The van der Waals surface area contributed by atoms with E-state index in [0.29, 0.717) is 28.7 Å². The molecule has 0 saturated carbocycles. The highest BCUT2D eigenvalue weighted by Crippen LogP contribution is 2.78. The molecule has 12 heteroatoms. The van der Waals surface area contributed by atoms with Gasteiger partial charge in [-0.2, -0.15) is 5.26 Å². The van der Waals surface area contributed by atoms with Gasteiger partial charge < -0.3 is 22.6 Å². The highest BCUT2D eigenvalue weighted by atomic mass is 31.3. The molecule has 214 valence electrons. The number of hydrogen-bond acceptors (Lipinski definition) is 9. The predicted molar refractivity (Wildman–Crippen MR) is 169 cm³/mol. The lowest BCUT2D eigenvalue weighted by molar-refractivity contribution is 0.458. The number of nitrogens with zero attached hydrogens (tertiary/aromatic N) is 4. The van der Waals surface area contributed by atoms with Crippen LogP contribution in [0.5, 0.6) is 28.7 Å². The predicted octanol–water partition coefficient (Wildman–Crippen LogP) is 10.8. The average Bonchev–Trinajstić information content (AvgIpc) is 3.03. The highest BCUT2D eigenvalue weighted by Gasteiger charge is 2.47. The molecule has 0 aromatic heterocycles. The molecule has 0 fully saturated rings. The minimum atomic E-state index is -3.85. The topological polar surface area (TPSA) is 107 Å². The van der Waals surface area contributed by atoms with Crippen LogP contribution in [-0.4, -0.2) is 0 Å². The second-order valence-electron chi connectivity index (χ2n) is 8.92. The maximum absolute atomic E-state index is 10.8. The first-order chi connectivity index (χ1) is 21.1. The lowest BCUT2D eigenvalue weighted by Crippen LogP contribution is -2.08. The number of para-hydroxylation sites is 5. The van der Waals surface area contributed by atoms with Crippen LogP contribution >= 0.6 is 22.8 Å². The first-order valence-electron chi connectivity index (χ1n) is 13.1. The van der Waals surface area contributed by atoms with Gasteiger partial charge in [-0.1, -0.05) is 95.5 Å². The first-order valence-corrected chi connectivity index (χ1v) is 17.8. The van der Waals surface area contributed by atoms with E-state index in [1.54, 1.807) is 72.8 Å². The standard InChI is InChI=1S/C31H25N4O5P3/c32-26-41(36-27-16-6-1-7-17-27)33-42(37-28-18-8-2-9-19-28,38-29-20-10-3-11-21-29)35-43(34-41,39-30-22-12-4-13-23-30)40-31-24-14-5-15-25-31/h1-25H. The molecule has 5 aromatic rings. The highest BCUT2D eigenvalue weighted by molar-refractivity contribution is 7.82. The Labute approximate surface area is 250 Å². The van der Waals surface area contributed by atoms with Crippen molar-refractivity contribution in [2.45, 2.75) is 0 Å². The van der Waals surface area contributed by atoms with E-state index < -0.39 is 22.8 Å². The molecule has 43 heavy (non-hydrogen) atoms. The molecule has 0 saturated heterocycles. The van der Waals surface area contributed by atoms with Gasteiger partial charge in [0, 0.05) is 0 Å². The maximum Gasteiger partial charge on any atom is 0.458 e. The fourth-order valence-corrected chi connectivity index (χ4v) is 12.8. The Morgan fingerprint density at radius 3 is 0.953 bits per heavy atom. The van der Waals surface area contributed by atoms with Crippen LogP contribution < -0.4 is 22.6 Å². The van der Waals surface area contributed by atoms with Crippen LogP contribution in [0.3, 0.4) is 0 Å². The largest absolute Gasteiger partial charge is 0.458 e. The molecule has 0 N–H and O–H groups in total. The first kappa shape index (κ1) is 28.4. The van der Waals surface area contributed by atoms with Crippen molar-refractivity contribution in [2.75, 3.05) is 0 Å². The van der Waals surface area contributed by atoms with Crippen molar-refractivity contribution >= 4 is 22.8 Å². The summed E-state index contributed by atoms with van der Waals surface area (Å²) in [6.07, 6.45) is 0. The van der Waals surface area contributed by atoms with Crippen LogP contribution in [0.4, 0.5) is 0 Å². The molecule has 5 aromatic carbocycles. The molecule has 0 aliphatic carbocycles. The molecule has 1 aliphatic heterocycles. The summed E-state index contributed by atoms with van der Waals surface area (Å²) < 4.78 is 47.2. The zero-order chi connectivity index (χ0) is 29.4. The lowest BCUT2D eigenvalue weighted by atomic mass is 10.3. The van der Waals surface area contributed by atoms with Crippen molar-refractivity contribution in [3.63, 3.8) is 0 Å². The van der Waals surface area contributed by atoms with Crippen molar-refractivity contribution in [2.24, 2.45) is 13.5 Å². The van der Waals surface area contributed by atoms with Gasteiger partial charge in [0.05, 0.1) is 0 Å². The van der Waals surface area contributed by atoms with Crippen molar-refractivity contribution in [1.29, 1.82) is 5.26 Å². The summed E-state index contributed by atoms with van der Waals surface area (Å²) in [6.45, 7) is 0. The molecule has 1 atom stereocenters. The normalized spacial score (nSPS) is 17.8. The van der Waals surface area contributed by atoms with Gasteiger partial charge in [0.1, 0.15) is 28.7 Å². The lowest BCUT2D eigenvalue weighted by Gasteiger charge is -2.31. The molecule has 1 aliphatic rings. The number of hydrogen-bond donors (Lipinski definition) is 0. The fraction of sp³-hybridized carbons (Fsp3) is 0. The minimum Gasteiger partial charge on any atom is -0.431 e. The number of nitriles is 1. The van der Waals surface area contributed by atoms with Gasteiger partial charge in [-0.05, 0) is 60.7 Å². The number of rotatable bonds is 10. The van der Waals surface area contributed by atoms with E-state index in [2.05, 4.69) is 5.81 Å². The van der Waals surface area contributed by atoms with E-state index in [1.807, 2.05) is 78.9 Å². The molecule has 0 spiro atoms. The Bertz CT molecular complexity index is 1710. The Kier molecular flexibility index (Phi) is 8.36. The Hall–Kier alpha value is -4.72. The van der Waals surface area contributed by atoms with Crippen molar-refractivity contribution < 1.29 is 22.6 Å². The smallest absolute Gasteiger partial charge is 0.431 e. The SMILES string of the molecule is N#CP1(Oc2ccccc2)=NP(Oc2ccccc2)(Oc2ccccc2)=NP(Oc2ccccc2)(Oc2ccccc2)=N1. The molecular formula is C31H25N4O5P3. The summed E-state index contributed by atoms with van der Waals surface area (Å²) >= 11 is 0. The summed E-state index contributed by atoms with van der Waals surface area (Å²) in [7, 11) is -11.5. The van der Waals surface area contributed by atoms with Gasteiger partial charge in [0.15, 0.2) is 5.81 Å². The second-order valence-corrected chi connectivity index (χ2v) is 15.2. The fourth-order valence-electron chi connectivity index (χ4n) is 3.89. The summed E-state index contributed by atoms with van der Waals surface area (Å²) in [5.41, 5.74) is 0. The van der Waals surface area contributed by atoms with E-state index in [0.717, 1.165) is 0 Å². The quantitative estimate of drug-likeness (QED) is 0.143. The van der Waals surface area contributed by atoms with E-state index in [4.69, 9.17) is 36.2 Å².